The van der Waals surface area contributed by atoms with Gasteiger partial charge in [-0.15, -0.1) is 0 Å². The van der Waals surface area contributed by atoms with Crippen molar-refractivity contribution in [2.75, 3.05) is 0 Å². The molecule has 6 aromatic carbocycles. The largest absolute Gasteiger partial charge is 0.507 e. The minimum atomic E-state index is -0.267. The number of nitrogens with zero attached hydrogens (tertiary/aromatic N) is 2. The van der Waals surface area contributed by atoms with Gasteiger partial charge >= 0.3 is 0 Å². The average molecular weight is 739 g/mol. The van der Waals surface area contributed by atoms with E-state index in [4.69, 9.17) is 9.98 Å². The van der Waals surface area contributed by atoms with Crippen LogP contribution in [0.25, 0.3) is 44.5 Å². The SMILES string of the molecule is CC(C)(C)c1cc(-c2ccc(-c3ccccc3)cc2)cc(C=N[C@H]2CCCC[C@@H]2N=Cc2cc(-c3ccc(-c4ccccc4)cc3)cc(C(C)(C)C)c2O)c1O. The van der Waals surface area contributed by atoms with Gasteiger partial charge in [-0.2, -0.15) is 0 Å². The van der Waals surface area contributed by atoms with Gasteiger partial charge in [0.15, 0.2) is 0 Å². The molecule has 0 aromatic heterocycles. The van der Waals surface area contributed by atoms with Crippen LogP contribution in [-0.4, -0.2) is 34.7 Å². The van der Waals surface area contributed by atoms with Crippen molar-refractivity contribution in [1.82, 2.24) is 0 Å². The molecular formula is C52H54N2O2. The Kier molecular flexibility index (Phi) is 11.1. The van der Waals surface area contributed by atoms with Crippen LogP contribution in [0.1, 0.15) is 89.5 Å². The molecule has 4 heteroatoms. The number of aromatic hydroxyl groups is 2. The lowest BCUT2D eigenvalue weighted by atomic mass is 9.83. The van der Waals surface area contributed by atoms with E-state index < -0.39 is 0 Å². The summed E-state index contributed by atoms with van der Waals surface area (Å²) in [5.74, 6) is 0.546. The normalized spacial score (nSPS) is 16.5. The highest BCUT2D eigenvalue weighted by atomic mass is 16.3. The van der Waals surface area contributed by atoms with Crippen LogP contribution in [0, 0.1) is 0 Å². The second kappa shape index (κ2) is 16.2. The molecule has 0 radical (unpaired) electrons. The summed E-state index contributed by atoms with van der Waals surface area (Å²) in [5, 5.41) is 23.2. The van der Waals surface area contributed by atoms with Gasteiger partial charge in [0.2, 0.25) is 0 Å². The Morgan fingerprint density at radius 2 is 0.732 bits per heavy atom. The Hall–Kier alpha value is -5.74. The second-order valence-electron chi connectivity index (χ2n) is 17.3. The average Bonchev–Trinajstić information content (AvgIpc) is 3.20. The van der Waals surface area contributed by atoms with E-state index in [0.717, 1.165) is 59.1 Å². The number of phenols is 2. The minimum Gasteiger partial charge on any atom is -0.507 e. The molecule has 0 unspecified atom stereocenters. The summed E-state index contributed by atoms with van der Waals surface area (Å²) in [6.45, 7) is 12.8. The summed E-state index contributed by atoms with van der Waals surface area (Å²) < 4.78 is 0. The fraction of sp³-hybridized carbons (Fsp3) is 0.269. The van der Waals surface area contributed by atoms with Crippen LogP contribution in [0.15, 0.2) is 143 Å². The monoisotopic (exact) mass is 738 g/mol. The first-order valence-corrected chi connectivity index (χ1v) is 20.0. The topological polar surface area (TPSA) is 65.2 Å². The van der Waals surface area contributed by atoms with Gasteiger partial charge in [0.1, 0.15) is 11.5 Å². The molecule has 7 rings (SSSR count). The van der Waals surface area contributed by atoms with Gasteiger partial charge in [0, 0.05) is 34.7 Å². The number of benzene rings is 6. The van der Waals surface area contributed by atoms with Gasteiger partial charge in [-0.05, 0) is 92.4 Å². The first-order chi connectivity index (χ1) is 26.8. The van der Waals surface area contributed by atoms with Crippen molar-refractivity contribution < 1.29 is 10.2 Å². The highest BCUT2D eigenvalue weighted by molar-refractivity contribution is 5.89. The molecule has 1 aliphatic rings. The lowest BCUT2D eigenvalue weighted by Crippen LogP contribution is -2.27. The van der Waals surface area contributed by atoms with Gasteiger partial charge in [-0.25, -0.2) is 0 Å². The van der Waals surface area contributed by atoms with Crippen molar-refractivity contribution in [3.63, 3.8) is 0 Å². The Labute approximate surface area is 333 Å². The maximum Gasteiger partial charge on any atom is 0.128 e. The van der Waals surface area contributed by atoms with Crippen LogP contribution in [0.4, 0.5) is 0 Å². The Bertz CT molecular complexity index is 2160. The molecule has 6 aromatic rings. The number of rotatable bonds is 8. The minimum absolute atomic E-state index is 0.0377. The highest BCUT2D eigenvalue weighted by Gasteiger charge is 2.26. The van der Waals surface area contributed by atoms with E-state index in [1.54, 1.807) is 0 Å². The number of hydrogen-bond donors (Lipinski definition) is 2. The third kappa shape index (κ3) is 8.71. The molecule has 0 amide bonds. The van der Waals surface area contributed by atoms with Crippen LogP contribution >= 0.6 is 0 Å². The maximum atomic E-state index is 11.6. The lowest BCUT2D eigenvalue weighted by molar-refractivity contribution is 0.390. The van der Waals surface area contributed by atoms with Crippen LogP contribution < -0.4 is 0 Å². The summed E-state index contributed by atoms with van der Waals surface area (Å²) in [6.07, 6.45) is 7.71. The van der Waals surface area contributed by atoms with Crippen molar-refractivity contribution in [3.05, 3.63) is 156 Å². The zero-order valence-corrected chi connectivity index (χ0v) is 33.6. The lowest BCUT2D eigenvalue weighted by Gasteiger charge is -2.26. The van der Waals surface area contributed by atoms with E-state index >= 15 is 0 Å². The van der Waals surface area contributed by atoms with E-state index in [1.807, 2.05) is 24.6 Å². The van der Waals surface area contributed by atoms with Gasteiger partial charge in [0.05, 0.1) is 12.1 Å². The van der Waals surface area contributed by atoms with Crippen molar-refractivity contribution in [2.24, 2.45) is 9.98 Å². The van der Waals surface area contributed by atoms with Crippen LogP contribution in [0.2, 0.25) is 0 Å². The van der Waals surface area contributed by atoms with E-state index in [0.29, 0.717) is 11.1 Å². The van der Waals surface area contributed by atoms with Crippen LogP contribution in [0.5, 0.6) is 11.5 Å². The van der Waals surface area contributed by atoms with Crippen molar-refractivity contribution >= 4 is 12.4 Å². The summed E-state index contributed by atoms with van der Waals surface area (Å²) in [5.41, 5.74) is 11.7. The fourth-order valence-corrected chi connectivity index (χ4v) is 7.75. The summed E-state index contributed by atoms with van der Waals surface area (Å²) in [6, 6.07) is 46.3. The Morgan fingerprint density at radius 3 is 1.05 bits per heavy atom. The van der Waals surface area contributed by atoms with Gasteiger partial charge in [-0.1, -0.05) is 164 Å². The summed E-state index contributed by atoms with van der Waals surface area (Å²) in [4.78, 5) is 10.3. The molecule has 284 valence electrons. The molecule has 4 nitrogen and oxygen atoms in total. The van der Waals surface area contributed by atoms with Crippen molar-refractivity contribution in [3.8, 4) is 56.0 Å². The Morgan fingerprint density at radius 1 is 0.429 bits per heavy atom. The van der Waals surface area contributed by atoms with Crippen LogP contribution in [-0.2, 0) is 10.8 Å². The molecule has 2 atom stereocenters. The molecule has 2 N–H and O–H groups in total. The smallest absolute Gasteiger partial charge is 0.128 e. The first kappa shape index (κ1) is 38.5. The van der Waals surface area contributed by atoms with E-state index in [2.05, 4.69) is 163 Å². The van der Waals surface area contributed by atoms with E-state index in [-0.39, 0.29) is 34.4 Å². The standard InChI is InChI=1S/C52H54N2O2/c1-51(2,3)45-31-41(39-25-21-37(22-26-39)35-15-9-7-10-16-35)29-43(49(45)55)33-53-47-19-13-14-20-48(47)54-34-44-30-42(32-46(50(44)56)52(4,5)6)40-27-23-38(24-28-40)36-17-11-8-12-18-36/h7-12,15-18,21-34,47-48,55-56H,13-14,19-20H2,1-6H3/t47-,48-/m0/s1. The zero-order chi connectivity index (χ0) is 39.5. The van der Waals surface area contributed by atoms with Crippen molar-refractivity contribution in [2.45, 2.75) is 90.1 Å². The predicted octanol–water partition coefficient (Wildman–Crippen LogP) is 13.2. The van der Waals surface area contributed by atoms with E-state index in [9.17, 15) is 10.2 Å². The summed E-state index contributed by atoms with van der Waals surface area (Å²) in [7, 11) is 0. The molecule has 1 saturated carbocycles. The summed E-state index contributed by atoms with van der Waals surface area (Å²) >= 11 is 0. The molecule has 56 heavy (non-hydrogen) atoms. The predicted molar refractivity (Wildman–Crippen MR) is 237 cm³/mol. The second-order valence-corrected chi connectivity index (χ2v) is 17.3. The molecule has 0 spiro atoms. The van der Waals surface area contributed by atoms with E-state index in [1.165, 1.54) is 22.3 Å². The molecule has 1 aliphatic carbocycles. The molecule has 0 aliphatic heterocycles. The van der Waals surface area contributed by atoms with Crippen molar-refractivity contribution in [1.29, 1.82) is 0 Å². The molecular weight excluding hydrogens is 685 g/mol. The number of aliphatic imine (C=N–C) groups is 2. The highest BCUT2D eigenvalue weighted by Crippen LogP contribution is 2.39. The molecule has 0 bridgehead atoms. The zero-order valence-electron chi connectivity index (χ0n) is 33.6. The van der Waals surface area contributed by atoms with Gasteiger partial charge in [-0.3, -0.25) is 9.98 Å². The molecule has 1 fully saturated rings. The van der Waals surface area contributed by atoms with Gasteiger partial charge in [0.25, 0.3) is 0 Å². The van der Waals surface area contributed by atoms with Crippen LogP contribution in [0.3, 0.4) is 0 Å². The molecule has 0 saturated heterocycles. The Balaban J connectivity index is 1.18. The number of phenolic OH excluding ortho intramolecular Hbond substituents is 2. The maximum absolute atomic E-state index is 11.6. The molecule has 0 heterocycles. The fourth-order valence-electron chi connectivity index (χ4n) is 7.75. The van der Waals surface area contributed by atoms with Gasteiger partial charge < -0.3 is 10.2 Å². The third-order valence-electron chi connectivity index (χ3n) is 11.0. The first-order valence-electron chi connectivity index (χ1n) is 20.0. The number of hydrogen-bond acceptors (Lipinski definition) is 4. The quantitative estimate of drug-likeness (QED) is 0.153. The third-order valence-corrected chi connectivity index (χ3v) is 11.0.